The fraction of sp³-hybridized carbons (Fsp3) is 0.462. The molecule has 2 nitrogen and oxygen atoms in total. The van der Waals surface area contributed by atoms with Gasteiger partial charge in [0.05, 0.1) is 5.56 Å². The van der Waals surface area contributed by atoms with Gasteiger partial charge in [0.25, 0.3) is 0 Å². The average Bonchev–Trinajstić information content (AvgIpc) is 2.32. The molecule has 1 unspecified atom stereocenters. The molecule has 0 aliphatic carbocycles. The van der Waals surface area contributed by atoms with Gasteiger partial charge in [-0.05, 0) is 30.5 Å². The van der Waals surface area contributed by atoms with Gasteiger partial charge in [0.15, 0.2) is 0 Å². The van der Waals surface area contributed by atoms with Gasteiger partial charge < -0.3 is 5.32 Å². The minimum atomic E-state index is -0.403. The lowest BCUT2D eigenvalue weighted by Gasteiger charge is -2.11. The molecule has 17 heavy (non-hydrogen) atoms. The minimum absolute atomic E-state index is 0.112. The molecule has 0 heterocycles. The predicted molar refractivity (Wildman–Crippen MR) is 70.4 cm³/mol. The van der Waals surface area contributed by atoms with Gasteiger partial charge in [-0.2, -0.15) is 17.0 Å². The molecule has 1 rings (SSSR count). The van der Waals surface area contributed by atoms with E-state index in [0.717, 1.165) is 12.3 Å². The van der Waals surface area contributed by atoms with Crippen LogP contribution < -0.4 is 5.32 Å². The Morgan fingerprint density at radius 2 is 2.29 bits per heavy atom. The lowest BCUT2D eigenvalue weighted by Crippen LogP contribution is -2.22. The van der Waals surface area contributed by atoms with E-state index in [9.17, 15) is 4.39 Å². The third-order valence-electron chi connectivity index (χ3n) is 2.46. The van der Waals surface area contributed by atoms with Crippen molar-refractivity contribution < 1.29 is 4.39 Å². The van der Waals surface area contributed by atoms with E-state index < -0.39 is 5.82 Å². The van der Waals surface area contributed by atoms with E-state index in [0.29, 0.717) is 18.0 Å². The van der Waals surface area contributed by atoms with Crippen LogP contribution in [0.2, 0.25) is 0 Å². The van der Waals surface area contributed by atoms with Crippen LogP contribution in [0, 0.1) is 23.1 Å². The van der Waals surface area contributed by atoms with Crippen LogP contribution in [0.15, 0.2) is 18.2 Å². The molecule has 0 saturated heterocycles. The zero-order chi connectivity index (χ0) is 12.7. The Bertz CT molecular complexity index is 401. The molecule has 1 aromatic rings. The summed E-state index contributed by atoms with van der Waals surface area (Å²) in [6.07, 6.45) is 2.08. The lowest BCUT2D eigenvalue weighted by molar-refractivity contribution is 0.539. The van der Waals surface area contributed by atoms with Crippen LogP contribution in [0.25, 0.3) is 0 Å². The van der Waals surface area contributed by atoms with Gasteiger partial charge in [-0.1, -0.05) is 19.1 Å². The largest absolute Gasteiger partial charge is 0.312 e. The third kappa shape index (κ3) is 4.37. The van der Waals surface area contributed by atoms with E-state index in [4.69, 9.17) is 5.26 Å². The summed E-state index contributed by atoms with van der Waals surface area (Å²) in [6, 6.07) is 6.77. The number of thioether (sulfide) groups is 1. The highest BCUT2D eigenvalue weighted by atomic mass is 32.2. The van der Waals surface area contributed by atoms with E-state index in [-0.39, 0.29) is 5.56 Å². The third-order valence-corrected chi connectivity index (χ3v) is 3.36. The van der Waals surface area contributed by atoms with Crippen LogP contribution >= 0.6 is 11.8 Å². The van der Waals surface area contributed by atoms with Crippen LogP contribution in [0.1, 0.15) is 18.1 Å². The smallest absolute Gasteiger partial charge is 0.145 e. The molecule has 0 saturated carbocycles. The Hall–Kier alpha value is -1.05. The number of hydrogen-bond acceptors (Lipinski definition) is 3. The topological polar surface area (TPSA) is 35.8 Å². The summed E-state index contributed by atoms with van der Waals surface area (Å²) in [5.41, 5.74) is 0.668. The summed E-state index contributed by atoms with van der Waals surface area (Å²) in [5.74, 6) is 1.25. The summed E-state index contributed by atoms with van der Waals surface area (Å²) >= 11 is 1.81. The van der Waals surface area contributed by atoms with Gasteiger partial charge in [-0.3, -0.25) is 0 Å². The first kappa shape index (κ1) is 14.0. The maximum atomic E-state index is 13.7. The van der Waals surface area contributed by atoms with Gasteiger partial charge in [0, 0.05) is 12.1 Å². The monoisotopic (exact) mass is 252 g/mol. The highest BCUT2D eigenvalue weighted by Crippen LogP contribution is 2.12. The number of hydrogen-bond donors (Lipinski definition) is 1. The quantitative estimate of drug-likeness (QED) is 0.845. The van der Waals surface area contributed by atoms with Crippen LogP contribution in [0.5, 0.6) is 0 Å². The number of benzene rings is 1. The summed E-state index contributed by atoms with van der Waals surface area (Å²) in [7, 11) is 0. The normalized spacial score (nSPS) is 12.1. The molecule has 92 valence electrons. The van der Waals surface area contributed by atoms with Gasteiger partial charge in [-0.25, -0.2) is 4.39 Å². The molecular formula is C13H17FN2S. The van der Waals surface area contributed by atoms with E-state index in [1.807, 2.05) is 17.8 Å². The number of rotatable bonds is 6. The van der Waals surface area contributed by atoms with Crippen molar-refractivity contribution in [2.75, 3.05) is 18.6 Å². The van der Waals surface area contributed by atoms with Crippen LogP contribution in [-0.2, 0) is 6.54 Å². The Morgan fingerprint density at radius 1 is 1.53 bits per heavy atom. The zero-order valence-corrected chi connectivity index (χ0v) is 11.0. The molecule has 0 spiro atoms. The molecule has 1 aromatic carbocycles. The highest BCUT2D eigenvalue weighted by molar-refractivity contribution is 7.98. The van der Waals surface area contributed by atoms with Crippen molar-refractivity contribution in [3.63, 3.8) is 0 Å². The Kier molecular flexibility index (Phi) is 6.03. The number of halogens is 1. The summed E-state index contributed by atoms with van der Waals surface area (Å²) in [5, 5.41) is 11.9. The second-order valence-corrected chi connectivity index (χ2v) is 4.99. The first-order valence-corrected chi connectivity index (χ1v) is 6.95. The molecule has 0 fully saturated rings. The Balaban J connectivity index is 2.50. The van der Waals surface area contributed by atoms with E-state index >= 15 is 0 Å². The molecule has 0 aromatic heterocycles. The van der Waals surface area contributed by atoms with Crippen molar-refractivity contribution >= 4 is 11.8 Å². The Morgan fingerprint density at radius 3 is 2.94 bits per heavy atom. The molecular weight excluding hydrogens is 235 g/mol. The fourth-order valence-electron chi connectivity index (χ4n) is 1.60. The van der Waals surface area contributed by atoms with Crippen molar-refractivity contribution in [3.8, 4) is 6.07 Å². The molecule has 0 radical (unpaired) electrons. The summed E-state index contributed by atoms with van der Waals surface area (Å²) < 4.78 is 13.7. The maximum Gasteiger partial charge on any atom is 0.145 e. The first-order chi connectivity index (χ1) is 8.19. The molecule has 1 atom stereocenters. The second kappa shape index (κ2) is 7.31. The summed E-state index contributed by atoms with van der Waals surface area (Å²) in [4.78, 5) is 0. The van der Waals surface area contributed by atoms with Gasteiger partial charge in [0.1, 0.15) is 11.9 Å². The summed E-state index contributed by atoms with van der Waals surface area (Å²) in [6.45, 7) is 3.49. The number of nitrogens with one attached hydrogen (secondary N) is 1. The van der Waals surface area contributed by atoms with Gasteiger partial charge in [-0.15, -0.1) is 0 Å². The lowest BCUT2D eigenvalue weighted by atomic mass is 10.1. The maximum absolute atomic E-state index is 13.7. The van der Waals surface area contributed by atoms with Gasteiger partial charge in [0.2, 0.25) is 0 Å². The molecule has 1 N–H and O–H groups in total. The highest BCUT2D eigenvalue weighted by Gasteiger charge is 2.07. The standard InChI is InChI=1S/C13H17FN2S/c1-10(9-17-2)7-16-8-12-5-3-4-11(6-15)13(12)14/h3-5,10,16H,7-9H2,1-2H3. The van der Waals surface area contributed by atoms with E-state index in [2.05, 4.69) is 18.5 Å². The van der Waals surface area contributed by atoms with Crippen molar-refractivity contribution in [3.05, 3.63) is 35.1 Å². The molecule has 4 heteroatoms. The molecule has 0 bridgehead atoms. The van der Waals surface area contributed by atoms with E-state index in [1.54, 1.807) is 12.1 Å². The SMILES string of the molecule is CSCC(C)CNCc1cccc(C#N)c1F. The second-order valence-electron chi connectivity index (χ2n) is 4.08. The molecule has 0 aliphatic rings. The fourth-order valence-corrected chi connectivity index (χ4v) is 2.29. The first-order valence-electron chi connectivity index (χ1n) is 5.56. The average molecular weight is 252 g/mol. The van der Waals surface area contributed by atoms with Crippen molar-refractivity contribution in [2.24, 2.45) is 5.92 Å². The zero-order valence-electron chi connectivity index (χ0n) is 10.2. The predicted octanol–water partition coefficient (Wildman–Crippen LogP) is 2.79. The van der Waals surface area contributed by atoms with Crippen molar-refractivity contribution in [1.82, 2.24) is 5.32 Å². The molecule has 0 aliphatic heterocycles. The van der Waals surface area contributed by atoms with Crippen LogP contribution in [0.3, 0.4) is 0 Å². The minimum Gasteiger partial charge on any atom is -0.312 e. The number of nitriles is 1. The van der Waals surface area contributed by atoms with Gasteiger partial charge >= 0.3 is 0 Å². The van der Waals surface area contributed by atoms with E-state index in [1.165, 1.54) is 6.07 Å². The Labute approximate surface area is 106 Å². The van der Waals surface area contributed by atoms with Crippen molar-refractivity contribution in [2.45, 2.75) is 13.5 Å². The van der Waals surface area contributed by atoms with Crippen LogP contribution in [0.4, 0.5) is 4.39 Å². The van der Waals surface area contributed by atoms with Crippen molar-refractivity contribution in [1.29, 1.82) is 5.26 Å². The molecule has 0 amide bonds. The number of nitrogens with zero attached hydrogens (tertiary/aromatic N) is 1. The van der Waals surface area contributed by atoms with Crippen LogP contribution in [-0.4, -0.2) is 18.6 Å².